The third-order valence-electron chi connectivity index (χ3n) is 6.55. The Morgan fingerprint density at radius 3 is 2.84 bits per heavy atom. The molecule has 8 nitrogen and oxygen atoms in total. The van der Waals surface area contributed by atoms with Crippen LogP contribution in [0.3, 0.4) is 0 Å². The normalized spacial score (nSPS) is 19.3. The lowest BCUT2D eigenvalue weighted by Crippen LogP contribution is -2.35. The molecule has 3 aromatic rings. The fourth-order valence-corrected chi connectivity index (χ4v) is 4.67. The van der Waals surface area contributed by atoms with Crippen LogP contribution in [0.4, 0.5) is 0 Å². The standard InChI is InChI=1S/C24H25N5O3/c1-31-18-6-7-19-15(10-18)4-5-16-11-25-24(28-21(16)19)29-22(14-2-3-14)20(12-26-29)23(30)27-17-8-9-32-13-17/h6-7,10-12,14,17H,2-5,8-9,13H2,1H3,(H,27,30). The van der Waals surface area contributed by atoms with Gasteiger partial charge in [0.1, 0.15) is 5.75 Å². The summed E-state index contributed by atoms with van der Waals surface area (Å²) < 4.78 is 12.5. The van der Waals surface area contributed by atoms with Crippen molar-refractivity contribution >= 4 is 5.91 Å². The zero-order valence-corrected chi connectivity index (χ0v) is 18.0. The smallest absolute Gasteiger partial charge is 0.255 e. The number of rotatable bonds is 5. The maximum atomic E-state index is 13.0. The summed E-state index contributed by atoms with van der Waals surface area (Å²) in [5, 5.41) is 7.64. The SMILES string of the molecule is COc1ccc2c(c1)CCc1cnc(-n3ncc(C(=O)NC4CCOC4)c3C3CC3)nc1-2. The summed E-state index contributed by atoms with van der Waals surface area (Å²) >= 11 is 0. The number of hydrogen-bond donors (Lipinski definition) is 1. The Hall–Kier alpha value is -3.26. The number of carbonyl (C=O) groups excluding carboxylic acids is 1. The molecule has 6 rings (SSSR count). The average molecular weight is 431 g/mol. The van der Waals surface area contributed by atoms with Gasteiger partial charge in [-0.25, -0.2) is 14.6 Å². The summed E-state index contributed by atoms with van der Waals surface area (Å²) in [6.45, 7) is 1.26. The number of nitrogens with one attached hydrogen (secondary N) is 1. The van der Waals surface area contributed by atoms with E-state index in [9.17, 15) is 4.79 Å². The highest BCUT2D eigenvalue weighted by molar-refractivity contribution is 5.95. The summed E-state index contributed by atoms with van der Waals surface area (Å²) in [4.78, 5) is 22.5. The van der Waals surface area contributed by atoms with E-state index in [1.165, 1.54) is 5.56 Å². The molecule has 32 heavy (non-hydrogen) atoms. The molecule has 0 bridgehead atoms. The van der Waals surface area contributed by atoms with Crippen LogP contribution in [-0.2, 0) is 17.6 Å². The third-order valence-corrected chi connectivity index (χ3v) is 6.55. The van der Waals surface area contributed by atoms with Crippen LogP contribution < -0.4 is 10.1 Å². The van der Waals surface area contributed by atoms with E-state index in [0.717, 1.165) is 60.4 Å². The Morgan fingerprint density at radius 1 is 1.19 bits per heavy atom. The minimum Gasteiger partial charge on any atom is -0.497 e. The van der Waals surface area contributed by atoms with Gasteiger partial charge in [0, 0.05) is 24.3 Å². The summed E-state index contributed by atoms with van der Waals surface area (Å²) in [6.07, 6.45) is 8.32. The number of hydrogen-bond acceptors (Lipinski definition) is 6. The lowest BCUT2D eigenvalue weighted by atomic mass is 9.90. The van der Waals surface area contributed by atoms with Crippen molar-refractivity contribution in [3.05, 3.63) is 53.0 Å². The molecule has 3 aliphatic rings. The maximum absolute atomic E-state index is 13.0. The van der Waals surface area contributed by atoms with Gasteiger partial charge in [0.05, 0.1) is 42.9 Å². The summed E-state index contributed by atoms with van der Waals surface area (Å²) in [5.41, 5.74) is 5.92. The van der Waals surface area contributed by atoms with Crippen molar-refractivity contribution in [2.24, 2.45) is 0 Å². The minimum atomic E-state index is -0.0935. The van der Waals surface area contributed by atoms with E-state index >= 15 is 0 Å². The topological polar surface area (TPSA) is 91.2 Å². The van der Waals surface area contributed by atoms with E-state index in [2.05, 4.69) is 27.5 Å². The molecule has 164 valence electrons. The fourth-order valence-electron chi connectivity index (χ4n) is 4.67. The molecule has 1 aromatic carbocycles. The zero-order chi connectivity index (χ0) is 21.7. The Labute approximate surface area is 186 Å². The number of fused-ring (bicyclic) bond motifs is 3. The number of ether oxygens (including phenoxy) is 2. The van der Waals surface area contributed by atoms with Crippen LogP contribution in [0.2, 0.25) is 0 Å². The predicted molar refractivity (Wildman–Crippen MR) is 117 cm³/mol. The van der Waals surface area contributed by atoms with Crippen molar-refractivity contribution in [1.82, 2.24) is 25.1 Å². The molecule has 1 amide bonds. The number of aromatic nitrogens is 4. The van der Waals surface area contributed by atoms with Crippen molar-refractivity contribution in [3.63, 3.8) is 0 Å². The molecule has 2 aromatic heterocycles. The molecule has 1 aliphatic heterocycles. The van der Waals surface area contributed by atoms with E-state index in [1.54, 1.807) is 18.0 Å². The van der Waals surface area contributed by atoms with Crippen LogP contribution in [0.15, 0.2) is 30.6 Å². The van der Waals surface area contributed by atoms with Crippen molar-refractivity contribution in [2.75, 3.05) is 20.3 Å². The molecule has 0 radical (unpaired) electrons. The zero-order valence-electron chi connectivity index (χ0n) is 18.0. The van der Waals surface area contributed by atoms with Crippen molar-refractivity contribution in [3.8, 4) is 23.0 Å². The number of benzene rings is 1. The number of aryl methyl sites for hydroxylation is 2. The molecular weight excluding hydrogens is 406 g/mol. The molecule has 1 atom stereocenters. The van der Waals surface area contributed by atoms with E-state index in [4.69, 9.17) is 14.5 Å². The van der Waals surface area contributed by atoms with Gasteiger partial charge >= 0.3 is 0 Å². The quantitative estimate of drug-likeness (QED) is 0.668. The van der Waals surface area contributed by atoms with Gasteiger partial charge < -0.3 is 14.8 Å². The molecule has 1 saturated heterocycles. The summed E-state index contributed by atoms with van der Waals surface area (Å²) in [5.74, 6) is 1.59. The van der Waals surface area contributed by atoms with Gasteiger partial charge in [-0.1, -0.05) is 0 Å². The number of methoxy groups -OCH3 is 1. The summed E-state index contributed by atoms with van der Waals surface area (Å²) in [6, 6.07) is 6.18. The first-order valence-corrected chi connectivity index (χ1v) is 11.2. The van der Waals surface area contributed by atoms with E-state index in [-0.39, 0.29) is 11.9 Å². The lowest BCUT2D eigenvalue weighted by molar-refractivity contribution is 0.0929. The fraction of sp³-hybridized carbons (Fsp3) is 0.417. The molecular formula is C24H25N5O3. The molecule has 0 spiro atoms. The van der Waals surface area contributed by atoms with Crippen LogP contribution in [0.25, 0.3) is 17.2 Å². The molecule has 1 saturated carbocycles. The van der Waals surface area contributed by atoms with Crippen molar-refractivity contribution in [1.29, 1.82) is 0 Å². The lowest BCUT2D eigenvalue weighted by Gasteiger charge is -2.20. The first-order chi connectivity index (χ1) is 15.7. The summed E-state index contributed by atoms with van der Waals surface area (Å²) in [7, 11) is 1.68. The second-order valence-electron chi connectivity index (χ2n) is 8.73. The first kappa shape index (κ1) is 19.4. The maximum Gasteiger partial charge on any atom is 0.255 e. The van der Waals surface area contributed by atoms with Crippen LogP contribution in [-0.4, -0.2) is 52.0 Å². The molecule has 2 aliphatic carbocycles. The molecule has 2 fully saturated rings. The monoisotopic (exact) mass is 431 g/mol. The van der Waals surface area contributed by atoms with Crippen LogP contribution >= 0.6 is 0 Å². The Kier molecular flexibility index (Phi) is 4.68. The third kappa shape index (κ3) is 3.35. The van der Waals surface area contributed by atoms with Gasteiger partial charge in [0.15, 0.2) is 0 Å². The van der Waals surface area contributed by atoms with Crippen LogP contribution in [0.1, 0.15) is 52.4 Å². The van der Waals surface area contributed by atoms with Crippen LogP contribution in [0.5, 0.6) is 5.75 Å². The first-order valence-electron chi connectivity index (χ1n) is 11.2. The van der Waals surface area contributed by atoms with E-state index in [1.807, 2.05) is 12.3 Å². The van der Waals surface area contributed by atoms with Crippen LogP contribution in [0, 0.1) is 0 Å². The molecule has 8 heteroatoms. The highest BCUT2D eigenvalue weighted by Crippen LogP contribution is 2.42. The van der Waals surface area contributed by atoms with Gasteiger partial charge in [-0.15, -0.1) is 0 Å². The second-order valence-corrected chi connectivity index (χ2v) is 8.73. The molecule has 1 unspecified atom stereocenters. The van der Waals surface area contributed by atoms with Gasteiger partial charge in [-0.05, 0) is 61.4 Å². The van der Waals surface area contributed by atoms with Gasteiger partial charge in [0.2, 0.25) is 0 Å². The second kappa shape index (κ2) is 7.70. The number of amides is 1. The Balaban J connectivity index is 1.38. The Morgan fingerprint density at radius 2 is 2.06 bits per heavy atom. The Bertz CT molecular complexity index is 1190. The average Bonchev–Trinajstić information content (AvgIpc) is 3.35. The predicted octanol–water partition coefficient (Wildman–Crippen LogP) is 2.83. The highest BCUT2D eigenvalue weighted by atomic mass is 16.5. The number of carbonyl (C=O) groups is 1. The highest BCUT2D eigenvalue weighted by Gasteiger charge is 2.34. The molecule has 3 heterocycles. The van der Waals surface area contributed by atoms with Gasteiger partial charge in [-0.2, -0.15) is 5.10 Å². The van der Waals surface area contributed by atoms with Crippen molar-refractivity contribution in [2.45, 2.75) is 44.1 Å². The van der Waals surface area contributed by atoms with Gasteiger partial charge in [-0.3, -0.25) is 4.79 Å². The van der Waals surface area contributed by atoms with Crippen molar-refractivity contribution < 1.29 is 14.3 Å². The molecule has 1 N–H and O–H groups in total. The van der Waals surface area contributed by atoms with E-state index in [0.29, 0.717) is 30.6 Å². The van der Waals surface area contributed by atoms with E-state index < -0.39 is 0 Å². The van der Waals surface area contributed by atoms with Gasteiger partial charge in [0.25, 0.3) is 11.9 Å². The number of nitrogens with zero attached hydrogens (tertiary/aromatic N) is 4. The minimum absolute atomic E-state index is 0.0615. The largest absolute Gasteiger partial charge is 0.497 e.